The molecule has 0 radical (unpaired) electrons. The minimum absolute atomic E-state index is 0.0215. The number of phenolic OH excluding ortho intramolecular Hbond substituents is 3. The summed E-state index contributed by atoms with van der Waals surface area (Å²) in [5.74, 6) is -2.57. The van der Waals surface area contributed by atoms with E-state index in [1.165, 1.54) is 20.3 Å². The maximum absolute atomic E-state index is 13.6. The van der Waals surface area contributed by atoms with E-state index in [0.29, 0.717) is 0 Å². The van der Waals surface area contributed by atoms with Crippen LogP contribution in [0, 0.1) is 0 Å². The zero-order valence-electron chi connectivity index (χ0n) is 19.0. The van der Waals surface area contributed by atoms with Gasteiger partial charge in [0.25, 0.3) is 0 Å². The van der Waals surface area contributed by atoms with Crippen molar-refractivity contribution in [1.82, 2.24) is 0 Å². The van der Waals surface area contributed by atoms with Crippen molar-refractivity contribution in [2.75, 3.05) is 20.8 Å². The molecule has 194 valence electrons. The summed E-state index contributed by atoms with van der Waals surface area (Å²) in [6, 6.07) is 4.58. The summed E-state index contributed by atoms with van der Waals surface area (Å²) in [7, 11) is 2.58. The molecule has 1 aliphatic heterocycles. The second-order valence-corrected chi connectivity index (χ2v) is 7.94. The lowest BCUT2D eigenvalue weighted by Crippen LogP contribution is -2.60. The first kappa shape index (κ1) is 25.3. The van der Waals surface area contributed by atoms with Crippen LogP contribution in [0.15, 0.2) is 33.5 Å². The number of rotatable bonds is 6. The van der Waals surface area contributed by atoms with Gasteiger partial charge >= 0.3 is 0 Å². The van der Waals surface area contributed by atoms with Gasteiger partial charge in [0, 0.05) is 11.6 Å². The molecule has 2 heterocycles. The summed E-state index contributed by atoms with van der Waals surface area (Å²) in [6.45, 7) is -0.742. The number of fused-ring (bicyclic) bond motifs is 1. The van der Waals surface area contributed by atoms with Gasteiger partial charge in [-0.2, -0.15) is 0 Å². The van der Waals surface area contributed by atoms with Crippen LogP contribution in [0.1, 0.15) is 0 Å². The fraction of sp³-hybridized carbons (Fsp3) is 0.348. The van der Waals surface area contributed by atoms with E-state index in [0.717, 1.165) is 18.2 Å². The second kappa shape index (κ2) is 9.72. The molecule has 1 saturated heterocycles. The Morgan fingerprint density at radius 3 is 2.22 bits per heavy atom. The van der Waals surface area contributed by atoms with Gasteiger partial charge in [0.05, 0.1) is 20.8 Å². The van der Waals surface area contributed by atoms with Crippen LogP contribution in [-0.2, 0) is 4.74 Å². The van der Waals surface area contributed by atoms with Gasteiger partial charge in [-0.25, -0.2) is 0 Å². The normalized spacial score (nSPS) is 24.0. The maximum atomic E-state index is 13.6. The molecular formula is C23H24O13. The first-order valence-electron chi connectivity index (χ1n) is 10.6. The number of hydrogen-bond acceptors (Lipinski definition) is 13. The zero-order chi connectivity index (χ0) is 26.3. The average molecular weight is 508 g/mol. The summed E-state index contributed by atoms with van der Waals surface area (Å²) < 4.78 is 27.3. The Kier molecular flexibility index (Phi) is 6.84. The van der Waals surface area contributed by atoms with Crippen molar-refractivity contribution in [3.8, 4) is 45.8 Å². The molecule has 0 spiro atoms. The van der Waals surface area contributed by atoms with Crippen LogP contribution in [0.25, 0.3) is 22.3 Å². The number of ether oxygens (including phenoxy) is 4. The van der Waals surface area contributed by atoms with E-state index in [1.54, 1.807) is 0 Å². The Morgan fingerprint density at radius 2 is 1.61 bits per heavy atom. The molecule has 1 aromatic heterocycles. The van der Waals surface area contributed by atoms with E-state index in [2.05, 4.69) is 0 Å². The van der Waals surface area contributed by atoms with Gasteiger partial charge in [-0.3, -0.25) is 4.79 Å². The van der Waals surface area contributed by atoms with Crippen molar-refractivity contribution in [2.24, 2.45) is 0 Å². The van der Waals surface area contributed by atoms with Crippen LogP contribution in [0.3, 0.4) is 0 Å². The molecule has 0 saturated carbocycles. The van der Waals surface area contributed by atoms with Crippen LogP contribution >= 0.6 is 0 Å². The van der Waals surface area contributed by atoms with Gasteiger partial charge in [-0.1, -0.05) is 0 Å². The number of aliphatic hydroxyl groups excluding tert-OH is 4. The second-order valence-electron chi connectivity index (χ2n) is 7.94. The molecule has 5 unspecified atom stereocenters. The minimum atomic E-state index is -1.86. The molecule has 7 N–H and O–H groups in total. The Balaban J connectivity index is 1.98. The average Bonchev–Trinajstić information content (AvgIpc) is 2.86. The topological polar surface area (TPSA) is 209 Å². The highest BCUT2D eigenvalue weighted by Gasteiger charge is 2.45. The van der Waals surface area contributed by atoms with Crippen LogP contribution in [-0.4, -0.2) is 87.3 Å². The third-order valence-electron chi connectivity index (χ3n) is 5.77. The van der Waals surface area contributed by atoms with Crippen molar-refractivity contribution < 1.29 is 59.1 Å². The lowest BCUT2D eigenvalue weighted by atomic mass is 9.99. The molecule has 1 aliphatic rings. The molecule has 1 fully saturated rings. The van der Waals surface area contributed by atoms with Crippen molar-refractivity contribution in [2.45, 2.75) is 30.7 Å². The fourth-order valence-electron chi connectivity index (χ4n) is 3.87. The van der Waals surface area contributed by atoms with E-state index in [4.69, 9.17) is 23.4 Å². The fourth-order valence-corrected chi connectivity index (χ4v) is 3.87. The molecule has 13 nitrogen and oxygen atoms in total. The molecule has 0 aliphatic carbocycles. The Labute approximate surface area is 202 Å². The van der Waals surface area contributed by atoms with E-state index < -0.39 is 65.7 Å². The van der Waals surface area contributed by atoms with Gasteiger partial charge in [0.15, 0.2) is 28.6 Å². The number of phenols is 3. The highest BCUT2D eigenvalue weighted by Crippen LogP contribution is 2.44. The predicted octanol–water partition coefficient (Wildman–Crippen LogP) is -0.227. The van der Waals surface area contributed by atoms with Crippen LogP contribution < -0.4 is 19.6 Å². The standard InChI is InChI=1S/C23H24O13/c1-32-12-6-11(27)14-16(29)22(36-23-18(31)17(30)15(28)13(7-24)34-23)19(35-21(14)20(12)33-2)8-3-4-9(25)10(26)5-8/h3-6,13,15,17-18,23-28,30-31H,7H2,1-2H3. The third kappa shape index (κ3) is 4.12. The highest BCUT2D eigenvalue weighted by molar-refractivity contribution is 5.93. The van der Waals surface area contributed by atoms with Crippen molar-refractivity contribution in [3.63, 3.8) is 0 Å². The van der Waals surface area contributed by atoms with Gasteiger partial charge in [-0.15, -0.1) is 0 Å². The summed E-state index contributed by atoms with van der Waals surface area (Å²) >= 11 is 0. The molecule has 5 atom stereocenters. The Bertz CT molecular complexity index is 1330. The molecule has 0 amide bonds. The van der Waals surface area contributed by atoms with Crippen molar-refractivity contribution in [3.05, 3.63) is 34.5 Å². The summed E-state index contributed by atoms with van der Waals surface area (Å²) in [5.41, 5.74) is -1.19. The van der Waals surface area contributed by atoms with Crippen molar-refractivity contribution >= 4 is 11.0 Å². The summed E-state index contributed by atoms with van der Waals surface area (Å²) in [5, 5.41) is 69.9. The largest absolute Gasteiger partial charge is 0.507 e. The Morgan fingerprint density at radius 1 is 0.889 bits per heavy atom. The molecule has 13 heteroatoms. The van der Waals surface area contributed by atoms with E-state index in [-0.39, 0.29) is 33.8 Å². The first-order valence-corrected chi connectivity index (χ1v) is 10.6. The predicted molar refractivity (Wildman–Crippen MR) is 120 cm³/mol. The molecule has 36 heavy (non-hydrogen) atoms. The Hall–Kier alpha value is -3.75. The van der Waals surface area contributed by atoms with Gasteiger partial charge in [0.1, 0.15) is 35.6 Å². The van der Waals surface area contributed by atoms with E-state index in [1.807, 2.05) is 0 Å². The van der Waals surface area contributed by atoms with Crippen molar-refractivity contribution in [1.29, 1.82) is 0 Å². The zero-order valence-corrected chi connectivity index (χ0v) is 19.0. The quantitative estimate of drug-likeness (QED) is 0.215. The van der Waals surface area contributed by atoms with Crippen LogP contribution in [0.4, 0.5) is 0 Å². The summed E-state index contributed by atoms with van der Waals surface area (Å²) in [4.78, 5) is 13.6. The third-order valence-corrected chi connectivity index (χ3v) is 5.77. The van der Waals surface area contributed by atoms with Gasteiger partial charge in [0.2, 0.25) is 23.2 Å². The lowest BCUT2D eigenvalue weighted by molar-refractivity contribution is -0.277. The molecule has 2 aromatic carbocycles. The van der Waals surface area contributed by atoms with E-state index in [9.17, 15) is 40.5 Å². The van der Waals surface area contributed by atoms with Gasteiger partial charge < -0.3 is 59.1 Å². The molecular weight excluding hydrogens is 484 g/mol. The number of methoxy groups -OCH3 is 2. The number of hydrogen-bond donors (Lipinski definition) is 7. The smallest absolute Gasteiger partial charge is 0.239 e. The number of aliphatic hydroxyl groups is 4. The summed E-state index contributed by atoms with van der Waals surface area (Å²) in [6.07, 6.45) is -8.44. The number of aromatic hydroxyl groups is 3. The first-order chi connectivity index (χ1) is 17.1. The van der Waals surface area contributed by atoms with E-state index >= 15 is 0 Å². The molecule has 4 rings (SSSR count). The number of benzene rings is 2. The minimum Gasteiger partial charge on any atom is -0.507 e. The van der Waals surface area contributed by atoms with Gasteiger partial charge in [-0.05, 0) is 18.2 Å². The monoisotopic (exact) mass is 508 g/mol. The molecule has 3 aromatic rings. The highest BCUT2D eigenvalue weighted by atomic mass is 16.7. The SMILES string of the molecule is COc1cc(O)c2c(=O)c(OC3OC(CO)C(O)C(O)C3O)c(-c3ccc(O)c(O)c3)oc2c1OC. The molecule has 0 bridgehead atoms. The maximum Gasteiger partial charge on any atom is 0.239 e. The van der Waals surface area contributed by atoms with Crippen LogP contribution in [0.5, 0.6) is 34.5 Å². The lowest BCUT2D eigenvalue weighted by Gasteiger charge is -2.39. The van der Waals surface area contributed by atoms with Crippen LogP contribution in [0.2, 0.25) is 0 Å².